The van der Waals surface area contributed by atoms with Gasteiger partial charge in [0.1, 0.15) is 0 Å². The molecule has 0 rings (SSSR count). The van der Waals surface area contributed by atoms with E-state index < -0.39 is 0 Å². The quantitative estimate of drug-likeness (QED) is 0.363. The molecular weight excluding hydrogens is 168 g/mol. The molecule has 0 heteroatoms. The van der Waals surface area contributed by atoms with E-state index in [1.165, 1.54) is 50.5 Å². The maximum atomic E-state index is 2.36. The fourth-order valence-electron chi connectivity index (χ4n) is 1.62. The zero-order valence-corrected chi connectivity index (χ0v) is 10.6. The lowest BCUT2D eigenvalue weighted by molar-refractivity contribution is 0.516. The van der Waals surface area contributed by atoms with E-state index in [1.54, 1.807) is 0 Å². The second-order valence-corrected chi connectivity index (χ2v) is 5.02. The van der Waals surface area contributed by atoms with E-state index in [-0.39, 0.29) is 0 Å². The van der Waals surface area contributed by atoms with Gasteiger partial charge < -0.3 is 0 Å². The molecule has 0 spiro atoms. The summed E-state index contributed by atoms with van der Waals surface area (Å²) in [4.78, 5) is 0. The minimum absolute atomic E-state index is 0.890. The molecule has 0 aromatic rings. The summed E-state index contributed by atoms with van der Waals surface area (Å²) in [6.45, 7) is 8.99. The number of unbranched alkanes of at least 4 members (excludes halogenated alkanes) is 5. The summed E-state index contributed by atoms with van der Waals surface area (Å²) in [6.07, 6.45) is 12.2. The zero-order chi connectivity index (χ0) is 10.8. The predicted octanol–water partition coefficient (Wildman–Crippen LogP) is 5.34. The average Bonchev–Trinajstić information content (AvgIpc) is 2.08. The molecule has 0 unspecified atom stereocenters. The molecule has 0 radical (unpaired) electrons. The van der Waals surface area contributed by atoms with Crippen molar-refractivity contribution in [2.45, 2.75) is 72.6 Å². The van der Waals surface area contributed by atoms with Gasteiger partial charge in [-0.15, -0.1) is 0 Å². The second kappa shape index (κ2) is 9.30. The topological polar surface area (TPSA) is 0 Å². The van der Waals surface area contributed by atoms with Crippen LogP contribution < -0.4 is 0 Å². The molecule has 0 aliphatic rings. The number of hydrogen-bond donors (Lipinski definition) is 0. The summed E-state index contributed by atoms with van der Waals surface area (Å²) in [7, 11) is 0. The smallest absolute Gasteiger partial charge is 0.0348 e. The third-order valence-electron chi connectivity index (χ3n) is 2.54. The highest BCUT2D eigenvalue weighted by atomic mass is 14.0. The van der Waals surface area contributed by atoms with E-state index in [0.29, 0.717) is 0 Å². The van der Waals surface area contributed by atoms with Crippen LogP contribution in [0.1, 0.15) is 72.6 Å². The van der Waals surface area contributed by atoms with Crippen LogP contribution in [0.4, 0.5) is 0 Å². The monoisotopic (exact) mass is 196 g/mol. The Kier molecular flexibility index (Phi) is 9.13. The van der Waals surface area contributed by atoms with Crippen LogP contribution in [-0.2, 0) is 0 Å². The van der Waals surface area contributed by atoms with Gasteiger partial charge in [0, 0.05) is 0 Å². The molecule has 0 bridgehead atoms. The lowest BCUT2D eigenvalue weighted by Crippen LogP contribution is -1.87. The fraction of sp³-hybridized carbons (Fsp3) is 0.857. The molecule has 14 heavy (non-hydrogen) atoms. The Morgan fingerprint density at radius 2 is 1.50 bits per heavy atom. The van der Waals surface area contributed by atoms with Gasteiger partial charge in [0.05, 0.1) is 0 Å². The molecule has 0 amide bonds. The predicted molar refractivity (Wildman–Crippen MR) is 66.6 cm³/mol. The molecule has 0 aromatic carbocycles. The van der Waals surface area contributed by atoms with Crippen LogP contribution in [0.25, 0.3) is 0 Å². The van der Waals surface area contributed by atoms with E-state index in [4.69, 9.17) is 0 Å². The Hall–Kier alpha value is -0.260. The second-order valence-electron chi connectivity index (χ2n) is 5.02. The first kappa shape index (κ1) is 13.7. The maximum absolute atomic E-state index is 2.36. The van der Waals surface area contributed by atoms with Crippen LogP contribution in [0.5, 0.6) is 0 Å². The molecule has 0 fully saturated rings. The van der Waals surface area contributed by atoms with E-state index >= 15 is 0 Å². The highest BCUT2D eigenvalue weighted by Crippen LogP contribution is 2.11. The van der Waals surface area contributed by atoms with Crippen molar-refractivity contribution < 1.29 is 0 Å². The van der Waals surface area contributed by atoms with Crippen molar-refractivity contribution >= 4 is 0 Å². The van der Waals surface area contributed by atoms with Crippen molar-refractivity contribution in [3.63, 3.8) is 0 Å². The van der Waals surface area contributed by atoms with Crippen molar-refractivity contribution in [3.05, 3.63) is 11.6 Å². The van der Waals surface area contributed by atoms with Crippen molar-refractivity contribution in [3.8, 4) is 0 Å². The van der Waals surface area contributed by atoms with Gasteiger partial charge >= 0.3 is 0 Å². The molecular formula is C14H28. The summed E-state index contributed by atoms with van der Waals surface area (Å²) < 4.78 is 0. The molecule has 0 nitrogen and oxygen atoms in total. The fourth-order valence-corrected chi connectivity index (χ4v) is 1.62. The number of rotatable bonds is 8. The molecule has 0 aliphatic carbocycles. The summed E-state index contributed by atoms with van der Waals surface area (Å²) in [5.41, 5.74) is 1.46. The Bertz CT molecular complexity index is 138. The van der Waals surface area contributed by atoms with Crippen LogP contribution in [0.2, 0.25) is 0 Å². The largest absolute Gasteiger partial charge is 0.0859 e. The van der Waals surface area contributed by atoms with Gasteiger partial charge in [-0.05, 0) is 32.6 Å². The van der Waals surface area contributed by atoms with Gasteiger partial charge in [0.15, 0.2) is 0 Å². The molecule has 0 atom stereocenters. The van der Waals surface area contributed by atoms with Crippen molar-refractivity contribution in [2.75, 3.05) is 0 Å². The Morgan fingerprint density at radius 1 is 0.929 bits per heavy atom. The first-order valence-corrected chi connectivity index (χ1v) is 6.26. The van der Waals surface area contributed by atoms with Crippen LogP contribution in [-0.4, -0.2) is 0 Å². The maximum Gasteiger partial charge on any atom is -0.0348 e. The third kappa shape index (κ3) is 11.7. The van der Waals surface area contributed by atoms with Gasteiger partial charge in [0.25, 0.3) is 0 Å². The van der Waals surface area contributed by atoms with Gasteiger partial charge in [-0.3, -0.25) is 0 Å². The summed E-state index contributed by atoms with van der Waals surface area (Å²) in [6, 6.07) is 0. The number of hydrogen-bond acceptors (Lipinski definition) is 0. The zero-order valence-electron chi connectivity index (χ0n) is 10.6. The van der Waals surface area contributed by atoms with Gasteiger partial charge in [-0.2, -0.15) is 0 Å². The first-order valence-electron chi connectivity index (χ1n) is 6.26. The molecule has 0 saturated carbocycles. The highest BCUT2D eigenvalue weighted by molar-refractivity contribution is 4.92. The highest BCUT2D eigenvalue weighted by Gasteiger charge is 1.94. The van der Waals surface area contributed by atoms with Gasteiger partial charge in [-0.1, -0.05) is 57.6 Å². The van der Waals surface area contributed by atoms with Crippen LogP contribution >= 0.6 is 0 Å². The lowest BCUT2D eigenvalue weighted by Gasteiger charge is -2.03. The normalized spacial score (nSPS) is 10.6. The molecule has 0 N–H and O–H groups in total. The standard InChI is InChI=1S/C14H28/c1-13(2)11-9-7-5-6-8-10-12-14(3)4/h11,14H,5-10,12H2,1-4H3. The van der Waals surface area contributed by atoms with Crippen LogP contribution in [0, 0.1) is 5.92 Å². The van der Waals surface area contributed by atoms with Crippen LogP contribution in [0.3, 0.4) is 0 Å². The Labute approximate surface area is 90.8 Å². The van der Waals surface area contributed by atoms with Crippen molar-refractivity contribution in [1.29, 1.82) is 0 Å². The number of allylic oxidation sites excluding steroid dienone is 2. The van der Waals surface area contributed by atoms with E-state index in [1.807, 2.05) is 0 Å². The summed E-state index contributed by atoms with van der Waals surface area (Å²) >= 11 is 0. The average molecular weight is 196 g/mol. The minimum Gasteiger partial charge on any atom is -0.0859 e. The van der Waals surface area contributed by atoms with E-state index in [9.17, 15) is 0 Å². The van der Waals surface area contributed by atoms with E-state index in [2.05, 4.69) is 33.8 Å². The Morgan fingerprint density at radius 3 is 2.07 bits per heavy atom. The Balaban J connectivity index is 3.03. The van der Waals surface area contributed by atoms with Crippen molar-refractivity contribution in [2.24, 2.45) is 5.92 Å². The lowest BCUT2D eigenvalue weighted by atomic mass is 10.0. The molecule has 0 aliphatic heterocycles. The third-order valence-corrected chi connectivity index (χ3v) is 2.54. The van der Waals surface area contributed by atoms with Gasteiger partial charge in [0.2, 0.25) is 0 Å². The van der Waals surface area contributed by atoms with Crippen LogP contribution in [0.15, 0.2) is 11.6 Å². The van der Waals surface area contributed by atoms with Gasteiger partial charge in [-0.25, -0.2) is 0 Å². The summed E-state index contributed by atoms with van der Waals surface area (Å²) in [5.74, 6) is 0.890. The molecule has 0 saturated heterocycles. The molecule has 0 aromatic heterocycles. The SMILES string of the molecule is CC(C)=CCCCCCCCC(C)C. The minimum atomic E-state index is 0.890. The molecule has 0 heterocycles. The molecule has 84 valence electrons. The van der Waals surface area contributed by atoms with Crippen molar-refractivity contribution in [1.82, 2.24) is 0 Å². The van der Waals surface area contributed by atoms with E-state index in [0.717, 1.165) is 5.92 Å². The summed E-state index contributed by atoms with van der Waals surface area (Å²) in [5, 5.41) is 0. The first-order chi connectivity index (χ1) is 6.63.